The summed E-state index contributed by atoms with van der Waals surface area (Å²) in [4.78, 5) is 2.44. The molecule has 17 heavy (non-hydrogen) atoms. The predicted octanol–water partition coefficient (Wildman–Crippen LogP) is 2.90. The molecule has 0 bridgehead atoms. The molecule has 1 aliphatic heterocycles. The first-order valence-corrected chi connectivity index (χ1v) is 6.76. The normalized spacial score (nSPS) is 19.2. The maximum atomic E-state index is 9.55. The highest BCUT2D eigenvalue weighted by Gasteiger charge is 2.18. The molecule has 1 aromatic rings. The zero-order valence-electron chi connectivity index (χ0n) is 10.1. The molecular formula is C14H20ClNO. The van der Waals surface area contributed by atoms with Crippen molar-refractivity contribution in [3.63, 3.8) is 0 Å². The third-order valence-electron chi connectivity index (χ3n) is 3.49. The van der Waals surface area contributed by atoms with Crippen molar-refractivity contribution in [1.82, 2.24) is 4.90 Å². The Hall–Kier alpha value is -0.570. The van der Waals surface area contributed by atoms with Gasteiger partial charge in [-0.1, -0.05) is 36.2 Å². The summed E-state index contributed by atoms with van der Waals surface area (Å²) >= 11 is 6.19. The molecule has 0 radical (unpaired) electrons. The van der Waals surface area contributed by atoms with Gasteiger partial charge in [0.25, 0.3) is 0 Å². The molecular weight excluding hydrogens is 234 g/mol. The smallest absolute Gasteiger partial charge is 0.0512 e. The van der Waals surface area contributed by atoms with Gasteiger partial charge in [-0.15, -0.1) is 0 Å². The Morgan fingerprint density at radius 1 is 1.18 bits per heavy atom. The zero-order chi connectivity index (χ0) is 12.1. The average Bonchev–Trinajstić information content (AvgIpc) is 2.38. The van der Waals surface area contributed by atoms with E-state index in [4.69, 9.17) is 11.6 Å². The maximum absolute atomic E-state index is 9.55. The van der Waals surface area contributed by atoms with Crippen molar-refractivity contribution in [2.24, 2.45) is 0 Å². The maximum Gasteiger partial charge on any atom is 0.0512 e. The molecule has 94 valence electrons. The summed E-state index contributed by atoms with van der Waals surface area (Å²) in [6.07, 6.45) is 3.90. The first kappa shape index (κ1) is 12.9. The molecule has 2 rings (SSSR count). The summed E-state index contributed by atoms with van der Waals surface area (Å²) in [5.74, 6) is 0.141. The van der Waals surface area contributed by atoms with E-state index in [-0.39, 0.29) is 12.5 Å². The van der Waals surface area contributed by atoms with Crippen LogP contribution < -0.4 is 0 Å². The highest BCUT2D eigenvalue weighted by molar-refractivity contribution is 6.31. The standard InChI is InChI=1S/C14H20ClNO/c15-14-7-3-2-6-13(14)12(11-17)10-16-8-4-1-5-9-16/h2-3,6-7,12,17H,1,4-5,8-11H2. The van der Waals surface area contributed by atoms with Gasteiger partial charge in [-0.05, 0) is 37.6 Å². The number of piperidine rings is 1. The third-order valence-corrected chi connectivity index (χ3v) is 3.84. The molecule has 0 aliphatic carbocycles. The van der Waals surface area contributed by atoms with Crippen LogP contribution in [0.5, 0.6) is 0 Å². The largest absolute Gasteiger partial charge is 0.396 e. The van der Waals surface area contributed by atoms with E-state index in [0.29, 0.717) is 0 Å². The van der Waals surface area contributed by atoms with Gasteiger partial charge in [0.05, 0.1) is 6.61 Å². The quantitative estimate of drug-likeness (QED) is 0.892. The fourth-order valence-electron chi connectivity index (χ4n) is 2.51. The number of benzene rings is 1. The first-order chi connectivity index (χ1) is 8.31. The number of aliphatic hydroxyl groups is 1. The molecule has 1 fully saturated rings. The van der Waals surface area contributed by atoms with E-state index in [0.717, 1.165) is 30.2 Å². The molecule has 0 aromatic heterocycles. The van der Waals surface area contributed by atoms with Gasteiger partial charge in [0, 0.05) is 17.5 Å². The van der Waals surface area contributed by atoms with E-state index in [1.54, 1.807) is 0 Å². The molecule has 0 spiro atoms. The number of likely N-dealkylation sites (tertiary alicyclic amines) is 1. The van der Waals surface area contributed by atoms with E-state index in [1.165, 1.54) is 19.3 Å². The van der Waals surface area contributed by atoms with Crippen LogP contribution in [0.3, 0.4) is 0 Å². The second-order valence-corrected chi connectivity index (χ2v) is 5.17. The van der Waals surface area contributed by atoms with Gasteiger partial charge in [-0.3, -0.25) is 0 Å². The van der Waals surface area contributed by atoms with E-state index in [2.05, 4.69) is 4.90 Å². The number of hydrogen-bond acceptors (Lipinski definition) is 2. The second-order valence-electron chi connectivity index (χ2n) is 4.76. The molecule has 0 amide bonds. The lowest BCUT2D eigenvalue weighted by Crippen LogP contribution is -2.34. The van der Waals surface area contributed by atoms with Crippen LogP contribution in [0.2, 0.25) is 5.02 Å². The van der Waals surface area contributed by atoms with Gasteiger partial charge < -0.3 is 10.0 Å². The molecule has 1 atom stereocenters. The molecule has 1 aliphatic rings. The molecule has 0 saturated carbocycles. The topological polar surface area (TPSA) is 23.5 Å². The van der Waals surface area contributed by atoms with Crippen LogP contribution in [0.4, 0.5) is 0 Å². The molecule has 2 nitrogen and oxygen atoms in total. The summed E-state index contributed by atoms with van der Waals surface area (Å²) in [5, 5.41) is 10.3. The van der Waals surface area contributed by atoms with Crippen molar-refractivity contribution < 1.29 is 5.11 Å². The molecule has 1 unspecified atom stereocenters. The number of halogens is 1. The highest BCUT2D eigenvalue weighted by Crippen LogP contribution is 2.25. The minimum Gasteiger partial charge on any atom is -0.396 e. The minimum absolute atomic E-state index is 0.141. The van der Waals surface area contributed by atoms with Crippen LogP contribution >= 0.6 is 11.6 Å². The van der Waals surface area contributed by atoms with Crippen molar-refractivity contribution in [2.75, 3.05) is 26.2 Å². The van der Waals surface area contributed by atoms with Crippen LogP contribution in [-0.4, -0.2) is 36.2 Å². The van der Waals surface area contributed by atoms with Crippen molar-refractivity contribution in [3.8, 4) is 0 Å². The fourth-order valence-corrected chi connectivity index (χ4v) is 2.80. The van der Waals surface area contributed by atoms with E-state index < -0.39 is 0 Å². The van der Waals surface area contributed by atoms with Gasteiger partial charge >= 0.3 is 0 Å². The monoisotopic (exact) mass is 253 g/mol. The fraction of sp³-hybridized carbons (Fsp3) is 0.571. The minimum atomic E-state index is 0.141. The van der Waals surface area contributed by atoms with E-state index in [1.807, 2.05) is 24.3 Å². The summed E-state index contributed by atoms with van der Waals surface area (Å²) in [6.45, 7) is 3.39. The summed E-state index contributed by atoms with van der Waals surface area (Å²) in [6, 6.07) is 7.84. The average molecular weight is 254 g/mol. The number of rotatable bonds is 4. The van der Waals surface area contributed by atoms with Gasteiger partial charge in [0.1, 0.15) is 0 Å². The van der Waals surface area contributed by atoms with Crippen molar-refractivity contribution in [2.45, 2.75) is 25.2 Å². The molecule has 1 heterocycles. The van der Waals surface area contributed by atoms with Crippen molar-refractivity contribution in [1.29, 1.82) is 0 Å². The Morgan fingerprint density at radius 3 is 2.53 bits per heavy atom. The van der Waals surface area contributed by atoms with Gasteiger partial charge in [0.2, 0.25) is 0 Å². The summed E-state index contributed by atoms with van der Waals surface area (Å²) < 4.78 is 0. The Bertz CT molecular complexity index is 350. The van der Waals surface area contributed by atoms with Crippen LogP contribution in [-0.2, 0) is 0 Å². The van der Waals surface area contributed by atoms with Gasteiger partial charge in [-0.25, -0.2) is 0 Å². The number of nitrogens with zero attached hydrogens (tertiary/aromatic N) is 1. The SMILES string of the molecule is OCC(CN1CCCCC1)c1ccccc1Cl. The first-order valence-electron chi connectivity index (χ1n) is 6.39. The Morgan fingerprint density at radius 2 is 1.88 bits per heavy atom. The molecule has 1 N–H and O–H groups in total. The Balaban J connectivity index is 2.03. The lowest BCUT2D eigenvalue weighted by atomic mass is 9.98. The second kappa shape index (κ2) is 6.39. The molecule has 1 aromatic carbocycles. The number of hydrogen-bond donors (Lipinski definition) is 1. The summed E-state index contributed by atoms with van der Waals surface area (Å²) in [5.41, 5.74) is 1.07. The Kier molecular flexibility index (Phi) is 4.84. The highest BCUT2D eigenvalue weighted by atomic mass is 35.5. The third kappa shape index (κ3) is 3.44. The molecule has 3 heteroatoms. The lowest BCUT2D eigenvalue weighted by Gasteiger charge is -2.30. The Labute approximate surface area is 108 Å². The predicted molar refractivity (Wildman–Crippen MR) is 71.6 cm³/mol. The lowest BCUT2D eigenvalue weighted by molar-refractivity contribution is 0.179. The van der Waals surface area contributed by atoms with Crippen molar-refractivity contribution >= 4 is 11.6 Å². The van der Waals surface area contributed by atoms with Crippen LogP contribution in [0, 0.1) is 0 Å². The van der Waals surface area contributed by atoms with Crippen LogP contribution in [0.25, 0.3) is 0 Å². The van der Waals surface area contributed by atoms with E-state index >= 15 is 0 Å². The van der Waals surface area contributed by atoms with Crippen LogP contribution in [0.1, 0.15) is 30.7 Å². The number of aliphatic hydroxyl groups excluding tert-OH is 1. The van der Waals surface area contributed by atoms with Crippen molar-refractivity contribution in [3.05, 3.63) is 34.9 Å². The van der Waals surface area contributed by atoms with Gasteiger partial charge in [0.15, 0.2) is 0 Å². The van der Waals surface area contributed by atoms with Gasteiger partial charge in [-0.2, -0.15) is 0 Å². The van der Waals surface area contributed by atoms with E-state index in [9.17, 15) is 5.11 Å². The zero-order valence-corrected chi connectivity index (χ0v) is 10.9. The molecule has 1 saturated heterocycles. The van der Waals surface area contributed by atoms with Crippen LogP contribution in [0.15, 0.2) is 24.3 Å². The summed E-state index contributed by atoms with van der Waals surface area (Å²) in [7, 11) is 0.